The Balaban J connectivity index is 2.18. The Bertz CT molecular complexity index is 1010. The van der Waals surface area contributed by atoms with Crippen LogP contribution in [0, 0.1) is 5.41 Å². The minimum Gasteiger partial charge on any atom is -0.476 e. The molecular formula is C13H13ClN6O5S2. The van der Waals surface area contributed by atoms with E-state index in [1.165, 1.54) is 17.6 Å². The summed E-state index contributed by atoms with van der Waals surface area (Å²) in [4.78, 5) is 26.0. The Morgan fingerprint density at radius 3 is 2.67 bits per heavy atom. The molecule has 1 aromatic carbocycles. The van der Waals surface area contributed by atoms with Gasteiger partial charge in [-0.3, -0.25) is 14.9 Å². The number of carboxylic acids is 1. The third kappa shape index (κ3) is 5.29. The zero-order chi connectivity index (χ0) is 20.2. The number of halogens is 1. The second kappa shape index (κ2) is 8.20. The van der Waals surface area contributed by atoms with E-state index in [-0.39, 0.29) is 33.1 Å². The number of nitrogens with zero attached hydrogens (tertiary/aromatic N) is 1. The van der Waals surface area contributed by atoms with Gasteiger partial charge in [-0.25, -0.2) is 18.2 Å². The molecule has 0 saturated heterocycles. The molecule has 0 aliphatic rings. The van der Waals surface area contributed by atoms with E-state index in [1.54, 1.807) is 0 Å². The Morgan fingerprint density at radius 1 is 1.37 bits per heavy atom. The molecule has 2 rings (SSSR count). The summed E-state index contributed by atoms with van der Waals surface area (Å²) >= 11 is 6.82. The van der Waals surface area contributed by atoms with Crippen molar-refractivity contribution >= 4 is 61.5 Å². The number of rotatable bonds is 7. The average Bonchev–Trinajstić information content (AvgIpc) is 3.02. The molecule has 1 amide bonds. The van der Waals surface area contributed by atoms with Crippen molar-refractivity contribution in [1.29, 1.82) is 5.41 Å². The maximum Gasteiger partial charge on any atom is 0.357 e. The summed E-state index contributed by atoms with van der Waals surface area (Å²) in [7, 11) is -4.13. The lowest BCUT2D eigenvalue weighted by Gasteiger charge is -2.11. The number of anilines is 2. The van der Waals surface area contributed by atoms with E-state index < -0.39 is 27.6 Å². The summed E-state index contributed by atoms with van der Waals surface area (Å²) in [6, 6.07) is 3.55. The molecule has 1 aromatic heterocycles. The largest absolute Gasteiger partial charge is 0.476 e. The molecule has 14 heteroatoms. The first-order valence-electron chi connectivity index (χ1n) is 6.97. The predicted molar refractivity (Wildman–Crippen MR) is 99.9 cm³/mol. The molecule has 0 atom stereocenters. The van der Waals surface area contributed by atoms with Crippen molar-refractivity contribution < 1.29 is 23.1 Å². The highest BCUT2D eigenvalue weighted by atomic mass is 35.5. The van der Waals surface area contributed by atoms with Gasteiger partial charge in [-0.15, -0.1) is 11.3 Å². The highest BCUT2D eigenvalue weighted by Crippen LogP contribution is 2.28. The molecule has 1 heterocycles. The first-order valence-corrected chi connectivity index (χ1v) is 9.71. The molecule has 7 N–H and O–H groups in total. The maximum atomic E-state index is 12.4. The smallest absolute Gasteiger partial charge is 0.357 e. The topological polar surface area (TPSA) is 187 Å². The van der Waals surface area contributed by atoms with Crippen LogP contribution in [0.4, 0.5) is 10.7 Å². The Morgan fingerprint density at radius 2 is 2.07 bits per heavy atom. The van der Waals surface area contributed by atoms with E-state index >= 15 is 0 Å². The number of nitrogens with two attached hydrogens (primary N) is 1. The number of carboxylic acid groups (broad SMARTS) is 1. The van der Waals surface area contributed by atoms with E-state index in [2.05, 4.69) is 20.3 Å². The van der Waals surface area contributed by atoms with E-state index in [0.717, 1.165) is 17.4 Å². The summed E-state index contributed by atoms with van der Waals surface area (Å²) in [5.41, 5.74) is 5.99. The molecule has 0 radical (unpaired) electrons. The first-order chi connectivity index (χ1) is 12.6. The second-order valence-corrected chi connectivity index (χ2v) is 7.84. The summed E-state index contributed by atoms with van der Waals surface area (Å²) < 4.78 is 27.0. The van der Waals surface area contributed by atoms with Crippen LogP contribution in [0.15, 0.2) is 28.6 Å². The minimum atomic E-state index is -4.13. The van der Waals surface area contributed by atoms with Crippen LogP contribution < -0.4 is 21.1 Å². The summed E-state index contributed by atoms with van der Waals surface area (Å²) in [5.74, 6) is -2.30. The van der Waals surface area contributed by atoms with Crippen LogP contribution in [0.5, 0.6) is 0 Å². The number of thiazole rings is 1. The molecule has 11 nitrogen and oxygen atoms in total. The monoisotopic (exact) mass is 432 g/mol. The number of guanidine groups is 1. The van der Waals surface area contributed by atoms with Gasteiger partial charge in [-0.2, -0.15) is 0 Å². The van der Waals surface area contributed by atoms with Gasteiger partial charge in [-0.05, 0) is 18.2 Å². The molecule has 0 unspecified atom stereocenters. The van der Waals surface area contributed by atoms with Crippen LogP contribution in [0.25, 0.3) is 0 Å². The number of carbonyl (C=O) groups excluding carboxylic acids is 1. The summed E-state index contributed by atoms with van der Waals surface area (Å²) in [5, 5.41) is 20.5. The van der Waals surface area contributed by atoms with Crippen LogP contribution in [-0.4, -0.2) is 42.9 Å². The fourth-order valence-corrected chi connectivity index (χ4v) is 4.09. The standard InChI is InChI=1S/C13H13ClN6O5S2/c14-7-3-6(1-2-8(7)19-9(21)4-17-13(15)16)27(24,25)20-11-10(12(22)23)18-5-26-11/h1-3,5,20H,4H2,(H,19,21)(H,22,23)(H4,15,16,17). The lowest BCUT2D eigenvalue weighted by Crippen LogP contribution is -2.36. The first kappa shape index (κ1) is 20.4. The van der Waals surface area contributed by atoms with E-state index in [4.69, 9.17) is 27.9 Å². The minimum absolute atomic E-state index is 0.0585. The molecule has 0 fully saturated rings. The second-order valence-electron chi connectivity index (χ2n) is 4.90. The number of aromatic carboxylic acids is 1. The number of nitrogens with one attached hydrogen (secondary N) is 4. The van der Waals surface area contributed by atoms with E-state index in [0.29, 0.717) is 0 Å². The zero-order valence-electron chi connectivity index (χ0n) is 13.3. The fraction of sp³-hybridized carbons (Fsp3) is 0.0769. The molecule has 0 bridgehead atoms. The molecule has 2 aromatic rings. The van der Waals surface area contributed by atoms with Crippen LogP contribution >= 0.6 is 22.9 Å². The van der Waals surface area contributed by atoms with Gasteiger partial charge in [0.2, 0.25) is 5.91 Å². The maximum absolute atomic E-state index is 12.4. The van der Waals surface area contributed by atoms with Crippen molar-refractivity contribution in [2.45, 2.75) is 4.90 Å². The predicted octanol–water partition coefficient (Wildman–Crippen LogP) is 0.717. The van der Waals surface area contributed by atoms with Gasteiger partial charge < -0.3 is 21.5 Å². The van der Waals surface area contributed by atoms with Crippen molar-refractivity contribution in [2.24, 2.45) is 5.73 Å². The van der Waals surface area contributed by atoms with Gasteiger partial charge in [-0.1, -0.05) is 11.6 Å². The normalized spacial score (nSPS) is 10.9. The molecule has 0 aliphatic carbocycles. The van der Waals surface area contributed by atoms with Crippen LogP contribution in [0.1, 0.15) is 10.5 Å². The highest BCUT2D eigenvalue weighted by molar-refractivity contribution is 7.93. The molecule has 144 valence electrons. The number of hydrogen-bond acceptors (Lipinski definition) is 7. The van der Waals surface area contributed by atoms with Crippen LogP contribution in [0.2, 0.25) is 5.02 Å². The van der Waals surface area contributed by atoms with E-state index in [9.17, 15) is 18.0 Å². The molecule has 0 spiro atoms. The summed E-state index contributed by atoms with van der Waals surface area (Å²) in [6.07, 6.45) is 0. The van der Waals surface area contributed by atoms with Crippen molar-refractivity contribution in [3.63, 3.8) is 0 Å². The van der Waals surface area contributed by atoms with Crippen molar-refractivity contribution in [3.8, 4) is 0 Å². The van der Waals surface area contributed by atoms with Gasteiger partial charge in [0.15, 0.2) is 11.7 Å². The number of carbonyl (C=O) groups is 2. The zero-order valence-corrected chi connectivity index (χ0v) is 15.7. The molecule has 27 heavy (non-hydrogen) atoms. The number of amides is 1. The van der Waals surface area contributed by atoms with Crippen molar-refractivity contribution in [2.75, 3.05) is 16.6 Å². The van der Waals surface area contributed by atoms with Gasteiger partial charge in [0.1, 0.15) is 5.00 Å². The van der Waals surface area contributed by atoms with Crippen LogP contribution in [-0.2, 0) is 14.8 Å². The molecule has 0 saturated carbocycles. The Labute approximate surface area is 162 Å². The average molecular weight is 433 g/mol. The third-order valence-electron chi connectivity index (χ3n) is 2.96. The molecule has 0 aliphatic heterocycles. The number of aromatic nitrogens is 1. The van der Waals surface area contributed by atoms with Gasteiger partial charge in [0.25, 0.3) is 10.0 Å². The Hall–Kier alpha value is -2.90. The van der Waals surface area contributed by atoms with Gasteiger partial charge >= 0.3 is 5.97 Å². The lowest BCUT2D eigenvalue weighted by molar-refractivity contribution is -0.115. The quantitative estimate of drug-likeness (QED) is 0.272. The Kier molecular flexibility index (Phi) is 6.20. The SMILES string of the molecule is N=C(N)NCC(=O)Nc1ccc(S(=O)(=O)Nc2scnc2C(=O)O)cc1Cl. The fourth-order valence-electron chi connectivity index (χ4n) is 1.79. The van der Waals surface area contributed by atoms with Crippen LogP contribution in [0.3, 0.4) is 0 Å². The number of hydrogen-bond donors (Lipinski definition) is 6. The van der Waals surface area contributed by atoms with Gasteiger partial charge in [0, 0.05) is 0 Å². The highest BCUT2D eigenvalue weighted by Gasteiger charge is 2.22. The molecular weight excluding hydrogens is 420 g/mol. The van der Waals surface area contributed by atoms with Gasteiger partial charge in [0.05, 0.1) is 27.7 Å². The van der Waals surface area contributed by atoms with Crippen molar-refractivity contribution in [1.82, 2.24) is 10.3 Å². The lowest BCUT2D eigenvalue weighted by atomic mass is 10.3. The third-order valence-corrected chi connectivity index (χ3v) is 5.49. The van der Waals surface area contributed by atoms with E-state index in [1.807, 2.05) is 0 Å². The number of sulfonamides is 1. The number of benzene rings is 1. The van der Waals surface area contributed by atoms with Crippen molar-refractivity contribution in [3.05, 3.63) is 34.4 Å². The summed E-state index contributed by atoms with van der Waals surface area (Å²) in [6.45, 7) is -0.267.